The SMILES string of the molecule is Cc1ccc(-c2cc(C(=O)NC(C)c3nc(C(C)C)no3)cc(C3=NOC(c4ccccn4)C3)c2)c(F)c1. The van der Waals surface area contributed by atoms with Gasteiger partial charge in [-0.15, -0.1) is 0 Å². The number of carbonyl (C=O) groups excluding carboxylic acids is 1. The summed E-state index contributed by atoms with van der Waals surface area (Å²) in [5.41, 5.74) is 4.17. The summed E-state index contributed by atoms with van der Waals surface area (Å²) in [7, 11) is 0. The number of pyridine rings is 1. The molecular formula is C29H28FN5O3. The number of hydrogen-bond acceptors (Lipinski definition) is 7. The number of halogens is 1. The van der Waals surface area contributed by atoms with E-state index in [0.29, 0.717) is 46.1 Å². The zero-order valence-electron chi connectivity index (χ0n) is 21.6. The van der Waals surface area contributed by atoms with Crippen LogP contribution in [0.25, 0.3) is 11.1 Å². The van der Waals surface area contributed by atoms with Gasteiger partial charge in [-0.25, -0.2) is 4.39 Å². The molecule has 0 spiro atoms. The van der Waals surface area contributed by atoms with Crippen LogP contribution in [0.2, 0.25) is 0 Å². The van der Waals surface area contributed by atoms with Crippen LogP contribution in [0.15, 0.2) is 70.5 Å². The fourth-order valence-corrected chi connectivity index (χ4v) is 4.21. The second kappa shape index (κ2) is 10.5. The molecule has 2 aromatic carbocycles. The summed E-state index contributed by atoms with van der Waals surface area (Å²) >= 11 is 0. The van der Waals surface area contributed by atoms with Crippen LogP contribution in [0.4, 0.5) is 4.39 Å². The Morgan fingerprint density at radius 1 is 1.08 bits per heavy atom. The monoisotopic (exact) mass is 513 g/mol. The zero-order chi connectivity index (χ0) is 26.8. The molecule has 194 valence electrons. The Morgan fingerprint density at radius 2 is 1.89 bits per heavy atom. The number of carbonyl (C=O) groups is 1. The van der Waals surface area contributed by atoms with Crippen molar-refractivity contribution in [2.24, 2.45) is 5.16 Å². The lowest BCUT2D eigenvalue weighted by atomic mass is 9.94. The van der Waals surface area contributed by atoms with Crippen LogP contribution in [-0.4, -0.2) is 26.7 Å². The van der Waals surface area contributed by atoms with Gasteiger partial charge in [0.05, 0.1) is 11.4 Å². The zero-order valence-corrected chi connectivity index (χ0v) is 21.6. The van der Waals surface area contributed by atoms with Crippen molar-refractivity contribution < 1.29 is 18.5 Å². The highest BCUT2D eigenvalue weighted by Crippen LogP contribution is 2.32. The molecule has 1 aliphatic heterocycles. The van der Waals surface area contributed by atoms with Crippen molar-refractivity contribution in [3.63, 3.8) is 0 Å². The standard InChI is InChI=1S/C29H28FN5O3/c1-16(2)27-33-29(38-35-27)18(4)32-28(36)21-13-19(22-9-8-17(3)11-23(22)30)12-20(14-21)25-15-26(37-34-25)24-7-5-6-10-31-24/h5-14,16,18,26H,15H2,1-4H3,(H,32,36). The molecule has 8 nitrogen and oxygen atoms in total. The molecule has 3 heterocycles. The number of amides is 1. The first-order valence-electron chi connectivity index (χ1n) is 12.5. The number of aryl methyl sites for hydroxylation is 1. The first kappa shape index (κ1) is 25.3. The summed E-state index contributed by atoms with van der Waals surface area (Å²) in [6, 6.07) is 15.3. The van der Waals surface area contributed by atoms with Crippen LogP contribution in [0.1, 0.15) is 84.1 Å². The summed E-state index contributed by atoms with van der Waals surface area (Å²) in [4.78, 5) is 27.8. The summed E-state index contributed by atoms with van der Waals surface area (Å²) < 4.78 is 20.3. The van der Waals surface area contributed by atoms with E-state index in [1.165, 1.54) is 6.07 Å². The summed E-state index contributed by atoms with van der Waals surface area (Å²) in [6.45, 7) is 7.52. The van der Waals surface area contributed by atoms with Crippen molar-refractivity contribution >= 4 is 11.6 Å². The number of benzene rings is 2. The highest BCUT2D eigenvalue weighted by Gasteiger charge is 2.27. The Kier molecular flexibility index (Phi) is 7.00. The topological polar surface area (TPSA) is 103 Å². The van der Waals surface area contributed by atoms with E-state index < -0.39 is 6.04 Å². The number of nitrogens with zero attached hydrogens (tertiary/aromatic N) is 4. The van der Waals surface area contributed by atoms with Crippen molar-refractivity contribution in [2.45, 2.75) is 52.2 Å². The van der Waals surface area contributed by atoms with Crippen molar-refractivity contribution in [2.75, 3.05) is 0 Å². The van der Waals surface area contributed by atoms with Gasteiger partial charge in [-0.1, -0.05) is 42.4 Å². The molecule has 0 bridgehead atoms. The van der Waals surface area contributed by atoms with Crippen LogP contribution < -0.4 is 5.32 Å². The highest BCUT2D eigenvalue weighted by molar-refractivity contribution is 6.05. The quantitative estimate of drug-likeness (QED) is 0.322. The molecule has 5 rings (SSSR count). The molecule has 2 unspecified atom stereocenters. The molecule has 1 aliphatic rings. The largest absolute Gasteiger partial charge is 0.385 e. The van der Waals surface area contributed by atoms with Gasteiger partial charge in [-0.3, -0.25) is 9.78 Å². The summed E-state index contributed by atoms with van der Waals surface area (Å²) in [5.74, 6) is 0.253. The van der Waals surface area contributed by atoms with E-state index in [4.69, 9.17) is 9.36 Å². The van der Waals surface area contributed by atoms with Crippen LogP contribution in [0.5, 0.6) is 0 Å². The van der Waals surface area contributed by atoms with E-state index in [1.54, 1.807) is 31.3 Å². The first-order valence-corrected chi connectivity index (χ1v) is 12.5. The molecule has 9 heteroatoms. The van der Waals surface area contributed by atoms with Gasteiger partial charge in [0.1, 0.15) is 11.9 Å². The van der Waals surface area contributed by atoms with Crippen LogP contribution in [0.3, 0.4) is 0 Å². The van der Waals surface area contributed by atoms with Gasteiger partial charge in [0, 0.05) is 35.2 Å². The number of oxime groups is 1. The lowest BCUT2D eigenvalue weighted by molar-refractivity contribution is 0.0826. The molecular weight excluding hydrogens is 485 g/mol. The predicted molar refractivity (Wildman–Crippen MR) is 140 cm³/mol. The van der Waals surface area contributed by atoms with Gasteiger partial charge in [-0.05, 0) is 61.4 Å². The van der Waals surface area contributed by atoms with Gasteiger partial charge in [0.25, 0.3) is 5.91 Å². The maximum Gasteiger partial charge on any atom is 0.251 e. The minimum absolute atomic E-state index is 0.100. The van der Waals surface area contributed by atoms with Gasteiger partial charge in [-0.2, -0.15) is 4.98 Å². The van der Waals surface area contributed by atoms with Crippen LogP contribution in [-0.2, 0) is 4.84 Å². The maximum atomic E-state index is 15.0. The van der Waals surface area contributed by atoms with E-state index in [-0.39, 0.29) is 23.7 Å². The number of hydrogen-bond donors (Lipinski definition) is 1. The second-order valence-electron chi connectivity index (χ2n) is 9.71. The van der Waals surface area contributed by atoms with Gasteiger partial charge in [0.15, 0.2) is 11.9 Å². The van der Waals surface area contributed by atoms with Crippen LogP contribution in [0, 0.1) is 12.7 Å². The minimum Gasteiger partial charge on any atom is -0.385 e. The van der Waals surface area contributed by atoms with E-state index in [2.05, 4.69) is 25.6 Å². The molecule has 4 aromatic rings. The average molecular weight is 514 g/mol. The highest BCUT2D eigenvalue weighted by atomic mass is 19.1. The third-order valence-electron chi connectivity index (χ3n) is 6.34. The molecule has 2 atom stereocenters. The lowest BCUT2D eigenvalue weighted by Gasteiger charge is -2.13. The van der Waals surface area contributed by atoms with Crippen molar-refractivity contribution in [1.29, 1.82) is 0 Å². The minimum atomic E-state index is -0.522. The molecule has 0 fully saturated rings. The molecule has 0 radical (unpaired) electrons. The lowest BCUT2D eigenvalue weighted by Crippen LogP contribution is -2.27. The number of aromatic nitrogens is 3. The first-order chi connectivity index (χ1) is 18.3. The molecule has 1 N–H and O–H groups in total. The fourth-order valence-electron chi connectivity index (χ4n) is 4.21. The van der Waals surface area contributed by atoms with E-state index in [1.807, 2.05) is 51.1 Å². The third kappa shape index (κ3) is 5.32. The summed E-state index contributed by atoms with van der Waals surface area (Å²) in [5, 5.41) is 11.2. The Morgan fingerprint density at radius 3 is 2.61 bits per heavy atom. The molecule has 2 aromatic heterocycles. The van der Waals surface area contributed by atoms with E-state index >= 15 is 0 Å². The third-order valence-corrected chi connectivity index (χ3v) is 6.34. The Bertz CT molecular complexity index is 1500. The maximum absolute atomic E-state index is 15.0. The Balaban J connectivity index is 1.46. The molecule has 0 saturated heterocycles. The van der Waals surface area contributed by atoms with Gasteiger partial charge >= 0.3 is 0 Å². The Hall–Kier alpha value is -4.40. The van der Waals surface area contributed by atoms with Gasteiger partial charge in [0.2, 0.25) is 5.89 Å². The smallest absolute Gasteiger partial charge is 0.251 e. The van der Waals surface area contributed by atoms with Crippen molar-refractivity contribution in [1.82, 2.24) is 20.4 Å². The molecule has 38 heavy (non-hydrogen) atoms. The van der Waals surface area contributed by atoms with E-state index in [0.717, 1.165) is 11.3 Å². The van der Waals surface area contributed by atoms with Gasteiger partial charge < -0.3 is 14.7 Å². The van der Waals surface area contributed by atoms with E-state index in [9.17, 15) is 9.18 Å². The molecule has 1 amide bonds. The molecule has 0 saturated carbocycles. The second-order valence-corrected chi connectivity index (χ2v) is 9.71. The van der Waals surface area contributed by atoms with Crippen LogP contribution >= 0.6 is 0 Å². The Labute approximate surface area is 219 Å². The molecule has 0 aliphatic carbocycles. The number of nitrogens with one attached hydrogen (secondary N) is 1. The normalized spacial score (nSPS) is 15.7. The fraction of sp³-hybridized carbons (Fsp3) is 0.276. The summed E-state index contributed by atoms with van der Waals surface area (Å²) in [6.07, 6.45) is 1.83. The average Bonchev–Trinajstić information content (AvgIpc) is 3.60. The van der Waals surface area contributed by atoms with Crippen molar-refractivity contribution in [3.8, 4) is 11.1 Å². The predicted octanol–water partition coefficient (Wildman–Crippen LogP) is 6.06. The van der Waals surface area contributed by atoms with Crippen molar-refractivity contribution in [3.05, 3.63) is 101 Å². The number of rotatable bonds is 7.